The first kappa shape index (κ1) is 17.6. The second-order valence-corrected chi connectivity index (χ2v) is 6.82. The Balaban J connectivity index is 1.65. The summed E-state index contributed by atoms with van der Waals surface area (Å²) in [7, 11) is 0. The average Bonchev–Trinajstić information content (AvgIpc) is 3.21. The van der Waals surface area contributed by atoms with Crippen molar-refractivity contribution in [3.8, 4) is 5.69 Å². The monoisotopic (exact) mass is 396 g/mol. The molecule has 0 fully saturated rings. The summed E-state index contributed by atoms with van der Waals surface area (Å²) < 4.78 is 7.19. The van der Waals surface area contributed by atoms with Gasteiger partial charge in [-0.3, -0.25) is 4.79 Å². The highest BCUT2D eigenvalue weighted by molar-refractivity contribution is 6.32. The topological polar surface area (TPSA) is 48.0 Å². The molecule has 2 aromatic heterocycles. The van der Waals surface area contributed by atoms with Crippen molar-refractivity contribution >= 4 is 46.0 Å². The normalized spacial score (nSPS) is 11.5. The number of nitrogens with zero attached hydrogens (tertiary/aromatic N) is 2. The van der Waals surface area contributed by atoms with Gasteiger partial charge in [0.15, 0.2) is 5.76 Å². The van der Waals surface area contributed by atoms with Gasteiger partial charge in [0, 0.05) is 16.0 Å². The number of hydrogen-bond acceptors (Lipinski definition) is 3. The number of halogens is 2. The fourth-order valence-corrected chi connectivity index (χ4v) is 3.34. The number of aryl methyl sites for hydroxylation is 1. The Labute approximate surface area is 165 Å². The van der Waals surface area contributed by atoms with Crippen molar-refractivity contribution in [1.29, 1.82) is 0 Å². The molecule has 4 rings (SSSR count). The molecule has 0 saturated carbocycles. The molecule has 4 nitrogen and oxygen atoms in total. The number of hydrogen-bond donors (Lipinski definition) is 0. The van der Waals surface area contributed by atoms with Crippen LogP contribution in [0.25, 0.3) is 22.7 Å². The molecule has 27 heavy (non-hydrogen) atoms. The van der Waals surface area contributed by atoms with Crippen LogP contribution in [0.3, 0.4) is 0 Å². The third-order valence-electron chi connectivity index (χ3n) is 4.17. The number of allylic oxidation sites excluding steroid dienone is 1. The Morgan fingerprint density at radius 1 is 1.11 bits per heavy atom. The van der Waals surface area contributed by atoms with Gasteiger partial charge >= 0.3 is 0 Å². The van der Waals surface area contributed by atoms with Gasteiger partial charge in [-0.15, -0.1) is 0 Å². The van der Waals surface area contributed by atoms with Crippen LogP contribution in [0.1, 0.15) is 21.8 Å². The summed E-state index contributed by atoms with van der Waals surface area (Å²) in [5, 5.41) is 6.33. The van der Waals surface area contributed by atoms with E-state index in [2.05, 4.69) is 5.10 Å². The van der Waals surface area contributed by atoms with Gasteiger partial charge in [0.1, 0.15) is 10.7 Å². The van der Waals surface area contributed by atoms with Crippen molar-refractivity contribution in [3.05, 3.63) is 87.9 Å². The summed E-state index contributed by atoms with van der Waals surface area (Å²) in [6.07, 6.45) is 3.09. The van der Waals surface area contributed by atoms with Crippen LogP contribution in [0.5, 0.6) is 0 Å². The minimum Gasteiger partial charge on any atom is -0.453 e. The van der Waals surface area contributed by atoms with Crippen LogP contribution in [0.15, 0.2) is 65.1 Å². The second-order valence-electron chi connectivity index (χ2n) is 6.03. The van der Waals surface area contributed by atoms with Crippen LogP contribution in [-0.4, -0.2) is 15.6 Å². The Morgan fingerprint density at radius 3 is 2.70 bits per heavy atom. The molecule has 0 atom stereocenters. The van der Waals surface area contributed by atoms with Gasteiger partial charge in [-0.25, -0.2) is 4.68 Å². The number of ketones is 1. The van der Waals surface area contributed by atoms with E-state index in [-0.39, 0.29) is 11.5 Å². The van der Waals surface area contributed by atoms with E-state index in [1.807, 2.05) is 43.3 Å². The van der Waals surface area contributed by atoms with Crippen molar-refractivity contribution in [2.24, 2.45) is 0 Å². The summed E-state index contributed by atoms with van der Waals surface area (Å²) >= 11 is 12.5. The SMILES string of the molecule is Cc1nn(-c2cccc(Cl)c2)c(Cl)c1/C=C/C(=O)c1cc2ccccc2o1. The molecule has 0 radical (unpaired) electrons. The third kappa shape index (κ3) is 3.42. The summed E-state index contributed by atoms with van der Waals surface area (Å²) in [6.45, 7) is 1.83. The number of fused-ring (bicyclic) bond motifs is 1. The van der Waals surface area contributed by atoms with E-state index in [4.69, 9.17) is 27.6 Å². The molecule has 0 aliphatic carbocycles. The zero-order valence-corrected chi connectivity index (χ0v) is 15.8. The molecule has 0 bridgehead atoms. The van der Waals surface area contributed by atoms with E-state index in [1.165, 1.54) is 6.08 Å². The zero-order valence-electron chi connectivity index (χ0n) is 14.3. The van der Waals surface area contributed by atoms with Crippen molar-refractivity contribution < 1.29 is 9.21 Å². The molecule has 0 aliphatic rings. The highest BCUT2D eigenvalue weighted by Gasteiger charge is 2.14. The summed E-state index contributed by atoms with van der Waals surface area (Å²) in [4.78, 5) is 12.5. The summed E-state index contributed by atoms with van der Waals surface area (Å²) in [6, 6.07) is 16.4. The maximum atomic E-state index is 12.5. The Kier molecular flexibility index (Phi) is 4.60. The molecule has 0 amide bonds. The van der Waals surface area contributed by atoms with E-state index >= 15 is 0 Å². The van der Waals surface area contributed by atoms with Crippen LogP contribution in [0, 0.1) is 6.92 Å². The van der Waals surface area contributed by atoms with Crippen molar-refractivity contribution in [2.45, 2.75) is 6.92 Å². The number of benzene rings is 2. The first-order chi connectivity index (χ1) is 13.0. The predicted molar refractivity (Wildman–Crippen MR) is 108 cm³/mol. The van der Waals surface area contributed by atoms with E-state index in [1.54, 1.807) is 29.0 Å². The zero-order chi connectivity index (χ0) is 19.0. The van der Waals surface area contributed by atoms with Gasteiger partial charge in [-0.1, -0.05) is 47.5 Å². The molecule has 0 N–H and O–H groups in total. The minimum atomic E-state index is -0.239. The van der Waals surface area contributed by atoms with Crippen molar-refractivity contribution in [1.82, 2.24) is 9.78 Å². The molecule has 6 heteroatoms. The quantitative estimate of drug-likeness (QED) is 0.307. The average molecular weight is 397 g/mol. The number of carbonyl (C=O) groups excluding carboxylic acids is 1. The van der Waals surface area contributed by atoms with E-state index in [0.717, 1.165) is 11.1 Å². The molecule has 0 unspecified atom stereocenters. The number of rotatable bonds is 4. The molecule has 2 aromatic carbocycles. The molecule has 4 aromatic rings. The lowest BCUT2D eigenvalue weighted by molar-refractivity contribution is 0.102. The molecular formula is C21H14Cl2N2O2. The van der Waals surface area contributed by atoms with E-state index in [0.29, 0.717) is 27.0 Å². The van der Waals surface area contributed by atoms with Crippen LogP contribution >= 0.6 is 23.2 Å². The second kappa shape index (κ2) is 7.06. The lowest BCUT2D eigenvalue weighted by atomic mass is 10.2. The van der Waals surface area contributed by atoms with Gasteiger partial charge < -0.3 is 4.42 Å². The Morgan fingerprint density at radius 2 is 1.93 bits per heavy atom. The lowest BCUT2D eigenvalue weighted by Gasteiger charge is -2.03. The predicted octanol–water partition coefficient (Wildman–Crippen LogP) is 6.13. The van der Waals surface area contributed by atoms with Crippen LogP contribution in [0.4, 0.5) is 0 Å². The number of carbonyl (C=O) groups is 1. The van der Waals surface area contributed by atoms with Crippen LogP contribution in [0.2, 0.25) is 10.2 Å². The highest BCUT2D eigenvalue weighted by atomic mass is 35.5. The van der Waals surface area contributed by atoms with Crippen LogP contribution < -0.4 is 0 Å². The van der Waals surface area contributed by atoms with Gasteiger partial charge in [-0.2, -0.15) is 5.10 Å². The fraction of sp³-hybridized carbons (Fsp3) is 0.0476. The Bertz CT molecular complexity index is 1160. The summed E-state index contributed by atoms with van der Waals surface area (Å²) in [5.41, 5.74) is 2.80. The first-order valence-electron chi connectivity index (χ1n) is 8.25. The maximum Gasteiger partial charge on any atom is 0.221 e. The molecular weight excluding hydrogens is 383 g/mol. The van der Waals surface area contributed by atoms with Crippen LogP contribution in [-0.2, 0) is 0 Å². The smallest absolute Gasteiger partial charge is 0.221 e. The van der Waals surface area contributed by atoms with Crippen molar-refractivity contribution in [2.75, 3.05) is 0 Å². The van der Waals surface area contributed by atoms with Gasteiger partial charge in [0.05, 0.1) is 11.4 Å². The molecule has 0 aliphatic heterocycles. The van der Waals surface area contributed by atoms with E-state index in [9.17, 15) is 4.79 Å². The standard InChI is InChI=1S/C21H14Cl2N2O2/c1-13-17(21(23)25(24-13)16-7-4-6-15(22)12-16)9-10-18(26)20-11-14-5-2-3-8-19(14)27-20/h2-12H,1H3/b10-9+. The fourth-order valence-electron chi connectivity index (χ4n) is 2.82. The Hall–Kier alpha value is -2.82. The van der Waals surface area contributed by atoms with Gasteiger partial charge in [0.25, 0.3) is 0 Å². The molecule has 0 spiro atoms. The first-order valence-corrected chi connectivity index (χ1v) is 9.00. The summed E-state index contributed by atoms with van der Waals surface area (Å²) in [5.74, 6) is 0.0423. The number of furan rings is 1. The molecule has 0 saturated heterocycles. The molecule has 2 heterocycles. The third-order valence-corrected chi connectivity index (χ3v) is 4.77. The van der Waals surface area contributed by atoms with E-state index < -0.39 is 0 Å². The maximum absolute atomic E-state index is 12.5. The number of para-hydroxylation sites is 1. The highest BCUT2D eigenvalue weighted by Crippen LogP contribution is 2.26. The molecule has 134 valence electrons. The van der Waals surface area contributed by atoms with Crippen molar-refractivity contribution in [3.63, 3.8) is 0 Å². The largest absolute Gasteiger partial charge is 0.453 e. The number of aromatic nitrogens is 2. The lowest BCUT2D eigenvalue weighted by Crippen LogP contribution is -1.96. The van der Waals surface area contributed by atoms with Gasteiger partial charge in [-0.05, 0) is 49.4 Å². The van der Waals surface area contributed by atoms with Gasteiger partial charge in [0.2, 0.25) is 5.78 Å². The minimum absolute atomic E-state index is 0.239.